The molecule has 218 valence electrons. The van der Waals surface area contributed by atoms with Gasteiger partial charge in [0, 0.05) is 31.5 Å². The highest BCUT2D eigenvalue weighted by atomic mass is 32.2. The van der Waals surface area contributed by atoms with Crippen LogP contribution in [0, 0.1) is 0 Å². The van der Waals surface area contributed by atoms with Crippen LogP contribution in [0.2, 0.25) is 0 Å². The zero-order chi connectivity index (χ0) is 28.2. The molecule has 9 nitrogen and oxygen atoms in total. The van der Waals surface area contributed by atoms with Gasteiger partial charge in [-0.2, -0.15) is 11.8 Å². The predicted octanol–water partition coefficient (Wildman–Crippen LogP) is 4.57. The Morgan fingerprint density at radius 2 is 1.41 bits per heavy atom. The molecule has 1 atom stereocenters. The summed E-state index contributed by atoms with van der Waals surface area (Å²) in [6.45, 7) is 4.24. The number of amides is 1. The van der Waals surface area contributed by atoms with Crippen LogP contribution in [-0.4, -0.2) is 73.9 Å². The molecule has 0 aromatic rings. The number of unbranched alkanes of at least 4 members (excludes halogenated alkanes) is 8. The molecule has 0 saturated heterocycles. The van der Waals surface area contributed by atoms with Gasteiger partial charge in [0.05, 0.1) is 13.5 Å². The van der Waals surface area contributed by atoms with Crippen molar-refractivity contribution in [1.82, 2.24) is 5.32 Å². The monoisotopic (exact) mass is 549 g/mol. The van der Waals surface area contributed by atoms with Gasteiger partial charge in [0.25, 0.3) is 0 Å². The van der Waals surface area contributed by atoms with Gasteiger partial charge in [0.15, 0.2) is 0 Å². The fraction of sp³-hybridized carbons (Fsp3) is 0.852. The van der Waals surface area contributed by atoms with Gasteiger partial charge in [0.1, 0.15) is 19.3 Å². The van der Waals surface area contributed by atoms with Crippen LogP contribution < -0.4 is 5.32 Å². The third kappa shape index (κ3) is 27.0. The molecule has 0 spiro atoms. The SMILES string of the molecule is CCCCCCCCCCCC(CC(=O)OCCSCCC(=O)NCC(=O)OC)OC(=O)CCC.CO. The lowest BCUT2D eigenvalue weighted by Gasteiger charge is -2.17. The lowest BCUT2D eigenvalue weighted by Crippen LogP contribution is -2.30. The van der Waals surface area contributed by atoms with Crippen molar-refractivity contribution in [3.05, 3.63) is 0 Å². The number of thioether (sulfide) groups is 1. The largest absolute Gasteiger partial charge is 0.468 e. The molecular weight excluding hydrogens is 498 g/mol. The van der Waals surface area contributed by atoms with Crippen LogP contribution in [-0.2, 0) is 33.4 Å². The van der Waals surface area contributed by atoms with Crippen molar-refractivity contribution in [2.75, 3.05) is 38.9 Å². The Morgan fingerprint density at radius 1 is 0.784 bits per heavy atom. The third-order valence-electron chi connectivity index (χ3n) is 5.40. The van der Waals surface area contributed by atoms with Crippen LogP contribution in [0.3, 0.4) is 0 Å². The van der Waals surface area contributed by atoms with E-state index in [2.05, 4.69) is 17.0 Å². The topological polar surface area (TPSA) is 128 Å². The summed E-state index contributed by atoms with van der Waals surface area (Å²) in [4.78, 5) is 46.8. The molecule has 0 bridgehead atoms. The average Bonchev–Trinajstić information content (AvgIpc) is 2.89. The maximum atomic E-state index is 12.2. The first kappa shape index (κ1) is 37.3. The molecule has 0 fully saturated rings. The summed E-state index contributed by atoms with van der Waals surface area (Å²) in [6, 6.07) is 0. The van der Waals surface area contributed by atoms with Crippen LogP contribution in [0.1, 0.15) is 104 Å². The minimum absolute atomic E-state index is 0.0765. The molecule has 0 aromatic heterocycles. The molecular formula is C27H51NO8S. The fourth-order valence-electron chi connectivity index (χ4n) is 3.39. The van der Waals surface area contributed by atoms with E-state index in [1.165, 1.54) is 63.8 Å². The number of rotatable bonds is 23. The molecule has 10 heteroatoms. The van der Waals surface area contributed by atoms with Crippen LogP contribution in [0.25, 0.3) is 0 Å². The highest BCUT2D eigenvalue weighted by Gasteiger charge is 2.19. The zero-order valence-corrected chi connectivity index (χ0v) is 24.3. The van der Waals surface area contributed by atoms with E-state index in [0.717, 1.165) is 20.0 Å². The molecule has 1 amide bonds. The summed E-state index contributed by atoms with van der Waals surface area (Å²) in [7, 11) is 2.26. The summed E-state index contributed by atoms with van der Waals surface area (Å²) in [6.07, 6.45) is 12.5. The number of ether oxygens (including phenoxy) is 3. The van der Waals surface area contributed by atoms with Crippen LogP contribution in [0.4, 0.5) is 0 Å². The number of carbonyl (C=O) groups excluding carboxylic acids is 4. The van der Waals surface area contributed by atoms with Gasteiger partial charge < -0.3 is 24.6 Å². The van der Waals surface area contributed by atoms with Crippen LogP contribution >= 0.6 is 11.8 Å². The van der Waals surface area contributed by atoms with E-state index < -0.39 is 12.1 Å². The molecule has 0 saturated carbocycles. The van der Waals surface area contributed by atoms with E-state index in [9.17, 15) is 19.2 Å². The third-order valence-corrected chi connectivity index (χ3v) is 6.35. The van der Waals surface area contributed by atoms with Crippen molar-refractivity contribution in [3.63, 3.8) is 0 Å². The molecule has 0 aliphatic rings. The van der Waals surface area contributed by atoms with Gasteiger partial charge in [0.2, 0.25) is 5.91 Å². The van der Waals surface area contributed by atoms with E-state index in [-0.39, 0.29) is 43.8 Å². The number of carbonyl (C=O) groups is 4. The molecule has 0 rings (SSSR count). The molecule has 37 heavy (non-hydrogen) atoms. The Kier molecular flexibility index (Phi) is 29.0. The Hall–Kier alpha value is -1.81. The van der Waals surface area contributed by atoms with Gasteiger partial charge in [-0.3, -0.25) is 19.2 Å². The number of aliphatic hydroxyl groups is 1. The van der Waals surface area contributed by atoms with Gasteiger partial charge in [-0.05, 0) is 19.3 Å². The van der Waals surface area contributed by atoms with Crippen molar-refractivity contribution in [2.45, 2.75) is 110 Å². The first-order valence-corrected chi connectivity index (χ1v) is 14.8. The van der Waals surface area contributed by atoms with E-state index in [1.54, 1.807) is 0 Å². The predicted molar refractivity (Wildman–Crippen MR) is 147 cm³/mol. The maximum absolute atomic E-state index is 12.2. The van der Waals surface area contributed by atoms with Crippen molar-refractivity contribution in [2.24, 2.45) is 0 Å². The molecule has 2 N–H and O–H groups in total. The normalized spacial score (nSPS) is 11.1. The number of methoxy groups -OCH3 is 1. The Bertz CT molecular complexity index is 589. The molecule has 0 aliphatic carbocycles. The molecule has 0 aromatic carbocycles. The summed E-state index contributed by atoms with van der Waals surface area (Å²) in [5.74, 6) is -0.231. The van der Waals surface area contributed by atoms with Crippen molar-refractivity contribution in [1.29, 1.82) is 0 Å². The van der Waals surface area contributed by atoms with Crippen molar-refractivity contribution >= 4 is 35.6 Å². The molecule has 0 aliphatic heterocycles. The first-order valence-electron chi connectivity index (χ1n) is 13.6. The standard InChI is InChI=1S/C26H47NO7S.CH4O/c1-4-6-7-8-9-10-11-12-13-15-22(34-24(29)14-5-2)20-25(30)33-17-19-35-18-16-23(28)27-21-26(31)32-3;1-2/h22H,4-21H2,1-3H3,(H,27,28);2H,1H3. The van der Waals surface area contributed by atoms with Crippen LogP contribution in [0.5, 0.6) is 0 Å². The highest BCUT2D eigenvalue weighted by molar-refractivity contribution is 7.99. The summed E-state index contributed by atoms with van der Waals surface area (Å²) >= 11 is 1.49. The second-order valence-corrected chi connectivity index (χ2v) is 9.84. The lowest BCUT2D eigenvalue weighted by molar-refractivity contribution is -0.155. The average molecular weight is 550 g/mol. The molecule has 1 unspecified atom stereocenters. The summed E-state index contributed by atoms with van der Waals surface area (Å²) < 4.78 is 15.3. The molecule has 0 radical (unpaired) electrons. The second kappa shape index (κ2) is 28.8. The zero-order valence-electron chi connectivity index (χ0n) is 23.5. The molecule has 0 heterocycles. The maximum Gasteiger partial charge on any atom is 0.325 e. The van der Waals surface area contributed by atoms with Gasteiger partial charge in [-0.25, -0.2) is 0 Å². The minimum atomic E-state index is -0.491. The van der Waals surface area contributed by atoms with Gasteiger partial charge in [-0.1, -0.05) is 65.2 Å². The smallest absolute Gasteiger partial charge is 0.325 e. The lowest BCUT2D eigenvalue weighted by atomic mass is 10.0. The number of hydrogen-bond acceptors (Lipinski definition) is 9. The van der Waals surface area contributed by atoms with Crippen molar-refractivity contribution < 1.29 is 38.5 Å². The van der Waals surface area contributed by atoms with Crippen LogP contribution in [0.15, 0.2) is 0 Å². The number of esters is 3. The fourth-order valence-corrected chi connectivity index (χ4v) is 4.13. The quantitative estimate of drug-likeness (QED) is 0.107. The Balaban J connectivity index is 0. The van der Waals surface area contributed by atoms with E-state index in [0.29, 0.717) is 30.8 Å². The number of nitrogens with one attached hydrogen (secondary N) is 1. The summed E-state index contributed by atoms with van der Waals surface area (Å²) in [5.41, 5.74) is 0. The Morgan fingerprint density at radius 3 is 2.00 bits per heavy atom. The number of hydrogen-bond donors (Lipinski definition) is 2. The van der Waals surface area contributed by atoms with E-state index >= 15 is 0 Å². The minimum Gasteiger partial charge on any atom is -0.468 e. The van der Waals surface area contributed by atoms with E-state index in [1.807, 2.05) is 6.92 Å². The van der Waals surface area contributed by atoms with Gasteiger partial charge >= 0.3 is 17.9 Å². The van der Waals surface area contributed by atoms with E-state index in [4.69, 9.17) is 14.6 Å². The number of aliphatic hydroxyl groups excluding tert-OH is 1. The first-order chi connectivity index (χ1) is 17.9. The van der Waals surface area contributed by atoms with Gasteiger partial charge in [-0.15, -0.1) is 0 Å². The summed E-state index contributed by atoms with van der Waals surface area (Å²) in [5, 5.41) is 9.47. The second-order valence-electron chi connectivity index (χ2n) is 8.62. The highest BCUT2D eigenvalue weighted by Crippen LogP contribution is 2.15. The Labute approximate surface area is 228 Å². The van der Waals surface area contributed by atoms with Crippen molar-refractivity contribution in [3.8, 4) is 0 Å².